The Morgan fingerprint density at radius 3 is 2.20 bits per heavy atom. The average Bonchev–Trinajstić information content (AvgIpc) is 2.90. The molecule has 1 unspecified atom stereocenters. The van der Waals surface area contributed by atoms with E-state index in [9.17, 15) is 0 Å². The fourth-order valence-corrected chi connectivity index (χ4v) is 5.11. The van der Waals surface area contributed by atoms with E-state index in [1.807, 2.05) is 0 Å². The zero-order valence-corrected chi connectivity index (χ0v) is 17.9. The molecule has 148 valence electrons. The molecule has 3 heteroatoms. The van der Waals surface area contributed by atoms with Crippen molar-refractivity contribution in [1.29, 1.82) is 0 Å². The van der Waals surface area contributed by atoms with Crippen molar-refractivity contribution in [2.45, 2.75) is 117 Å². The topological polar surface area (TPSA) is 21.7 Å². The van der Waals surface area contributed by atoms with Crippen LogP contribution in [0.1, 0.15) is 93.4 Å². The maximum Gasteiger partial charge on any atom is 0.168 e. The van der Waals surface area contributed by atoms with Crippen molar-refractivity contribution in [3.8, 4) is 0 Å². The fourth-order valence-electron chi connectivity index (χ4n) is 5.11. The van der Waals surface area contributed by atoms with Crippen LogP contribution >= 0.6 is 0 Å². The van der Waals surface area contributed by atoms with E-state index in [1.54, 1.807) is 0 Å². The average molecular weight is 354 g/mol. The van der Waals surface area contributed by atoms with Crippen LogP contribution in [0.25, 0.3) is 0 Å². The van der Waals surface area contributed by atoms with Gasteiger partial charge in [0.1, 0.15) is 0 Å². The van der Waals surface area contributed by atoms with E-state index in [2.05, 4.69) is 53.4 Å². The zero-order valence-electron chi connectivity index (χ0n) is 17.9. The van der Waals surface area contributed by atoms with Crippen LogP contribution in [-0.2, 0) is 9.47 Å². The third kappa shape index (κ3) is 5.43. The first-order valence-electron chi connectivity index (χ1n) is 10.8. The summed E-state index contributed by atoms with van der Waals surface area (Å²) in [5.74, 6) is 0.561. The van der Waals surface area contributed by atoms with Gasteiger partial charge in [-0.05, 0) is 64.7 Å². The molecule has 1 atom stereocenters. The molecule has 0 aromatic rings. The third-order valence-corrected chi connectivity index (χ3v) is 6.70. The highest BCUT2D eigenvalue weighted by molar-refractivity contribution is 4.90. The monoisotopic (exact) mass is 353 g/mol. The minimum Gasteiger partial charge on any atom is -0.347 e. The Kier molecular flexibility index (Phi) is 7.38. The van der Waals surface area contributed by atoms with E-state index in [0.717, 1.165) is 38.3 Å². The summed E-state index contributed by atoms with van der Waals surface area (Å²) < 4.78 is 12.7. The van der Waals surface area contributed by atoms with Crippen molar-refractivity contribution in [2.24, 2.45) is 11.3 Å². The van der Waals surface area contributed by atoms with Crippen LogP contribution in [0.3, 0.4) is 0 Å². The SMILES string of the molecule is CCCC(C)(C)C1CCC2(CC1)OCC(CCN(C(C)C)C(C)C)O2. The summed E-state index contributed by atoms with van der Waals surface area (Å²) in [6, 6.07) is 1.18. The molecule has 1 heterocycles. The van der Waals surface area contributed by atoms with Crippen LogP contribution in [-0.4, -0.2) is 42.0 Å². The maximum absolute atomic E-state index is 6.47. The number of rotatable bonds is 8. The summed E-state index contributed by atoms with van der Waals surface area (Å²) in [5.41, 5.74) is 0.462. The number of hydrogen-bond donors (Lipinski definition) is 0. The zero-order chi connectivity index (χ0) is 18.7. The van der Waals surface area contributed by atoms with Gasteiger partial charge in [0.2, 0.25) is 0 Å². The minimum atomic E-state index is -0.260. The quantitative estimate of drug-likeness (QED) is 0.565. The summed E-state index contributed by atoms with van der Waals surface area (Å²) >= 11 is 0. The molecule has 1 spiro atoms. The van der Waals surface area contributed by atoms with E-state index in [-0.39, 0.29) is 11.9 Å². The minimum absolute atomic E-state index is 0.260. The van der Waals surface area contributed by atoms with Gasteiger partial charge in [0.15, 0.2) is 5.79 Å². The van der Waals surface area contributed by atoms with Gasteiger partial charge in [-0.3, -0.25) is 4.90 Å². The Hall–Kier alpha value is -0.120. The van der Waals surface area contributed by atoms with Gasteiger partial charge in [-0.15, -0.1) is 0 Å². The van der Waals surface area contributed by atoms with Gasteiger partial charge in [-0.25, -0.2) is 0 Å². The number of ether oxygens (including phenoxy) is 2. The fraction of sp³-hybridized carbons (Fsp3) is 1.00. The van der Waals surface area contributed by atoms with Crippen molar-refractivity contribution in [3.05, 3.63) is 0 Å². The molecule has 1 saturated heterocycles. The smallest absolute Gasteiger partial charge is 0.168 e. The summed E-state index contributed by atoms with van der Waals surface area (Å²) in [6.45, 7) is 18.2. The van der Waals surface area contributed by atoms with Crippen LogP contribution in [0.2, 0.25) is 0 Å². The van der Waals surface area contributed by atoms with Gasteiger partial charge in [0.05, 0.1) is 12.7 Å². The Balaban J connectivity index is 1.81. The van der Waals surface area contributed by atoms with E-state index in [1.165, 1.54) is 25.7 Å². The van der Waals surface area contributed by atoms with E-state index in [0.29, 0.717) is 17.5 Å². The molecular formula is C22H43NO2. The molecule has 2 fully saturated rings. The van der Waals surface area contributed by atoms with E-state index >= 15 is 0 Å². The summed E-state index contributed by atoms with van der Waals surface area (Å²) in [5, 5.41) is 0. The molecule has 0 N–H and O–H groups in total. The molecule has 0 amide bonds. The molecule has 0 bridgehead atoms. The molecule has 2 rings (SSSR count). The van der Waals surface area contributed by atoms with E-state index < -0.39 is 0 Å². The van der Waals surface area contributed by atoms with Gasteiger partial charge < -0.3 is 9.47 Å². The van der Waals surface area contributed by atoms with Crippen molar-refractivity contribution in [1.82, 2.24) is 4.90 Å². The highest BCUT2D eigenvalue weighted by atomic mass is 16.7. The second-order valence-electron chi connectivity index (χ2n) is 9.69. The van der Waals surface area contributed by atoms with Crippen LogP contribution in [0.5, 0.6) is 0 Å². The van der Waals surface area contributed by atoms with Crippen LogP contribution in [0, 0.1) is 11.3 Å². The molecular weight excluding hydrogens is 310 g/mol. The lowest BCUT2D eigenvalue weighted by Crippen LogP contribution is -2.40. The molecule has 0 aromatic carbocycles. The van der Waals surface area contributed by atoms with Crippen molar-refractivity contribution in [3.63, 3.8) is 0 Å². The maximum atomic E-state index is 6.47. The van der Waals surface area contributed by atoms with Gasteiger partial charge in [-0.1, -0.05) is 27.2 Å². The lowest BCUT2D eigenvalue weighted by Gasteiger charge is -2.42. The summed E-state index contributed by atoms with van der Waals surface area (Å²) in [7, 11) is 0. The molecule has 1 aliphatic heterocycles. The lowest BCUT2D eigenvalue weighted by molar-refractivity contribution is -0.197. The summed E-state index contributed by atoms with van der Waals surface area (Å²) in [4.78, 5) is 2.55. The second-order valence-corrected chi connectivity index (χ2v) is 9.69. The van der Waals surface area contributed by atoms with Crippen LogP contribution in [0.4, 0.5) is 0 Å². The van der Waals surface area contributed by atoms with Gasteiger partial charge in [0, 0.05) is 31.5 Å². The standard InChI is InChI=1S/C22H43NO2/c1-8-12-21(6,7)19-9-13-22(14-10-19)24-16-20(25-22)11-15-23(17(2)3)18(4)5/h17-20H,8-16H2,1-7H3. The molecule has 0 aromatic heterocycles. The predicted molar refractivity (Wildman–Crippen MR) is 106 cm³/mol. The first kappa shape index (κ1) is 21.2. The summed E-state index contributed by atoms with van der Waals surface area (Å²) in [6.07, 6.45) is 8.65. The van der Waals surface area contributed by atoms with Crippen LogP contribution in [0.15, 0.2) is 0 Å². The van der Waals surface area contributed by atoms with Crippen LogP contribution < -0.4 is 0 Å². The first-order chi connectivity index (χ1) is 11.7. The van der Waals surface area contributed by atoms with Gasteiger partial charge in [0.25, 0.3) is 0 Å². The highest BCUT2D eigenvalue weighted by Crippen LogP contribution is 2.47. The molecule has 3 nitrogen and oxygen atoms in total. The van der Waals surface area contributed by atoms with Crippen molar-refractivity contribution >= 4 is 0 Å². The third-order valence-electron chi connectivity index (χ3n) is 6.70. The van der Waals surface area contributed by atoms with E-state index in [4.69, 9.17) is 9.47 Å². The molecule has 1 saturated carbocycles. The number of nitrogens with zero attached hydrogens (tertiary/aromatic N) is 1. The van der Waals surface area contributed by atoms with Gasteiger partial charge >= 0.3 is 0 Å². The Morgan fingerprint density at radius 1 is 1.08 bits per heavy atom. The highest BCUT2D eigenvalue weighted by Gasteiger charge is 2.46. The Bertz CT molecular complexity index is 389. The largest absolute Gasteiger partial charge is 0.347 e. The predicted octanol–water partition coefficient (Wildman–Crippen LogP) is 5.62. The molecule has 1 aliphatic carbocycles. The normalized spacial score (nSPS) is 31.0. The Labute approximate surface area is 156 Å². The van der Waals surface area contributed by atoms with Crippen molar-refractivity contribution < 1.29 is 9.47 Å². The lowest BCUT2D eigenvalue weighted by atomic mass is 9.68. The second kappa shape index (κ2) is 8.71. The Morgan fingerprint density at radius 2 is 1.68 bits per heavy atom. The molecule has 25 heavy (non-hydrogen) atoms. The molecule has 2 aliphatic rings. The molecule has 0 radical (unpaired) electrons. The first-order valence-corrected chi connectivity index (χ1v) is 10.8. The van der Waals surface area contributed by atoms with Crippen molar-refractivity contribution in [2.75, 3.05) is 13.2 Å². The van der Waals surface area contributed by atoms with Gasteiger partial charge in [-0.2, -0.15) is 0 Å². The number of hydrogen-bond acceptors (Lipinski definition) is 3.